The van der Waals surface area contributed by atoms with Crippen LogP contribution in [0.2, 0.25) is 0 Å². The molecule has 0 fully saturated rings. The molecule has 0 spiro atoms. The molecule has 0 saturated carbocycles. The molecule has 0 aliphatic carbocycles. The number of nitrogens with one attached hydrogen (secondary N) is 1. The highest BCUT2D eigenvalue weighted by atomic mass is 79.9. The molecule has 22 heavy (non-hydrogen) atoms. The molecule has 1 amide bonds. The summed E-state index contributed by atoms with van der Waals surface area (Å²) in [5.74, 6) is 1.68. The summed E-state index contributed by atoms with van der Waals surface area (Å²) in [5.41, 5.74) is 0.636. The van der Waals surface area contributed by atoms with Crippen LogP contribution in [0.1, 0.15) is 6.92 Å². The zero-order valence-corrected chi connectivity index (χ0v) is 13.4. The van der Waals surface area contributed by atoms with Crippen molar-refractivity contribution in [1.82, 2.24) is 0 Å². The maximum atomic E-state index is 12.2. The SMILES string of the molecule is CC(Oc1ccccc1Br)C(=O)Nc1ccc2c(c1)OCO2. The lowest BCUT2D eigenvalue weighted by molar-refractivity contribution is -0.122. The van der Waals surface area contributed by atoms with E-state index in [1.54, 1.807) is 31.2 Å². The Morgan fingerprint density at radius 1 is 1.23 bits per heavy atom. The molecule has 1 aliphatic rings. The molecule has 6 heteroatoms. The zero-order valence-electron chi connectivity index (χ0n) is 11.8. The van der Waals surface area contributed by atoms with Gasteiger partial charge in [0.25, 0.3) is 5.91 Å². The Hall–Kier alpha value is -2.21. The number of carbonyl (C=O) groups excluding carboxylic acids is 1. The first-order chi connectivity index (χ1) is 10.6. The van der Waals surface area contributed by atoms with Gasteiger partial charge in [0.1, 0.15) is 5.75 Å². The Bertz CT molecular complexity index is 704. The Kier molecular flexibility index (Phi) is 4.20. The predicted molar refractivity (Wildman–Crippen MR) is 85.4 cm³/mol. The maximum Gasteiger partial charge on any atom is 0.265 e. The van der Waals surface area contributed by atoms with E-state index in [4.69, 9.17) is 14.2 Å². The van der Waals surface area contributed by atoms with Crippen LogP contribution in [0.25, 0.3) is 0 Å². The molecular formula is C16H14BrNO4. The zero-order chi connectivity index (χ0) is 15.5. The molecule has 1 atom stereocenters. The summed E-state index contributed by atoms with van der Waals surface area (Å²) in [6.07, 6.45) is -0.635. The van der Waals surface area contributed by atoms with Gasteiger partial charge in [-0.2, -0.15) is 0 Å². The van der Waals surface area contributed by atoms with Gasteiger partial charge in [-0.1, -0.05) is 12.1 Å². The molecule has 1 aliphatic heterocycles. The molecule has 3 rings (SSSR count). The van der Waals surface area contributed by atoms with Crippen LogP contribution in [0.3, 0.4) is 0 Å². The van der Waals surface area contributed by atoms with Crippen LogP contribution in [0, 0.1) is 0 Å². The summed E-state index contributed by atoms with van der Waals surface area (Å²) in [5, 5.41) is 2.80. The van der Waals surface area contributed by atoms with Crippen molar-refractivity contribution in [2.24, 2.45) is 0 Å². The number of rotatable bonds is 4. The van der Waals surface area contributed by atoms with Crippen LogP contribution in [-0.2, 0) is 4.79 Å². The lowest BCUT2D eigenvalue weighted by atomic mass is 10.2. The quantitative estimate of drug-likeness (QED) is 0.901. The first-order valence-electron chi connectivity index (χ1n) is 6.75. The molecule has 0 bridgehead atoms. The lowest BCUT2D eigenvalue weighted by Crippen LogP contribution is -2.30. The van der Waals surface area contributed by atoms with Gasteiger partial charge in [-0.3, -0.25) is 4.79 Å². The molecule has 0 radical (unpaired) electrons. The van der Waals surface area contributed by atoms with Crippen LogP contribution >= 0.6 is 15.9 Å². The van der Waals surface area contributed by atoms with Crippen molar-refractivity contribution in [2.45, 2.75) is 13.0 Å². The number of hydrogen-bond acceptors (Lipinski definition) is 4. The monoisotopic (exact) mass is 363 g/mol. The minimum Gasteiger partial charge on any atom is -0.480 e. The van der Waals surface area contributed by atoms with E-state index in [-0.39, 0.29) is 12.7 Å². The number of halogens is 1. The molecular weight excluding hydrogens is 350 g/mol. The van der Waals surface area contributed by atoms with Gasteiger partial charge in [0.15, 0.2) is 17.6 Å². The average molecular weight is 364 g/mol. The van der Waals surface area contributed by atoms with E-state index in [0.717, 1.165) is 4.47 Å². The summed E-state index contributed by atoms with van der Waals surface area (Å²) in [4.78, 5) is 12.2. The van der Waals surface area contributed by atoms with E-state index in [1.807, 2.05) is 18.2 Å². The molecule has 1 unspecified atom stereocenters. The van der Waals surface area contributed by atoms with E-state index in [9.17, 15) is 4.79 Å². The molecule has 1 N–H and O–H groups in total. The highest BCUT2D eigenvalue weighted by molar-refractivity contribution is 9.10. The Morgan fingerprint density at radius 2 is 2.00 bits per heavy atom. The predicted octanol–water partition coefficient (Wildman–Crippen LogP) is 3.58. The van der Waals surface area contributed by atoms with Gasteiger partial charge in [0, 0.05) is 11.8 Å². The van der Waals surface area contributed by atoms with Crippen LogP contribution in [0.5, 0.6) is 17.2 Å². The number of carbonyl (C=O) groups is 1. The lowest BCUT2D eigenvalue weighted by Gasteiger charge is -2.15. The van der Waals surface area contributed by atoms with Gasteiger partial charge in [-0.05, 0) is 47.1 Å². The van der Waals surface area contributed by atoms with Crippen LogP contribution < -0.4 is 19.5 Å². The summed E-state index contributed by atoms with van der Waals surface area (Å²) >= 11 is 3.39. The highest BCUT2D eigenvalue weighted by Crippen LogP contribution is 2.34. The molecule has 114 valence electrons. The third-order valence-corrected chi connectivity index (χ3v) is 3.80. The largest absolute Gasteiger partial charge is 0.480 e. The van der Waals surface area contributed by atoms with Crippen LogP contribution in [0.4, 0.5) is 5.69 Å². The van der Waals surface area contributed by atoms with Crippen LogP contribution in [0.15, 0.2) is 46.9 Å². The molecule has 0 aromatic heterocycles. The Labute approximate surface area is 136 Å². The summed E-state index contributed by atoms with van der Waals surface area (Å²) in [6.45, 7) is 1.90. The summed E-state index contributed by atoms with van der Waals surface area (Å²) < 4.78 is 17.0. The number of hydrogen-bond donors (Lipinski definition) is 1. The standard InChI is InChI=1S/C16H14BrNO4/c1-10(22-13-5-3-2-4-12(13)17)16(19)18-11-6-7-14-15(8-11)21-9-20-14/h2-8,10H,9H2,1H3,(H,18,19). The normalized spacial score (nSPS) is 13.5. The molecule has 1 heterocycles. The molecule has 5 nitrogen and oxygen atoms in total. The minimum atomic E-state index is -0.635. The number of ether oxygens (including phenoxy) is 3. The second kappa shape index (κ2) is 6.27. The summed E-state index contributed by atoms with van der Waals surface area (Å²) in [7, 11) is 0. The first kappa shape index (κ1) is 14.7. The van der Waals surface area contributed by atoms with E-state index < -0.39 is 6.10 Å². The van der Waals surface area contributed by atoms with Crippen LogP contribution in [-0.4, -0.2) is 18.8 Å². The van der Waals surface area contributed by atoms with Gasteiger partial charge in [-0.15, -0.1) is 0 Å². The van der Waals surface area contributed by atoms with Gasteiger partial charge in [-0.25, -0.2) is 0 Å². The molecule has 0 saturated heterocycles. The fourth-order valence-electron chi connectivity index (χ4n) is 2.00. The third-order valence-electron chi connectivity index (χ3n) is 3.15. The van der Waals surface area contributed by atoms with Gasteiger partial charge in [0.2, 0.25) is 6.79 Å². The van der Waals surface area contributed by atoms with E-state index in [2.05, 4.69) is 21.2 Å². The van der Waals surface area contributed by atoms with Crippen molar-refractivity contribution in [1.29, 1.82) is 0 Å². The Balaban J connectivity index is 1.65. The second-order valence-electron chi connectivity index (χ2n) is 4.75. The number of fused-ring (bicyclic) bond motifs is 1. The van der Waals surface area contributed by atoms with E-state index in [1.165, 1.54) is 0 Å². The summed E-state index contributed by atoms with van der Waals surface area (Å²) in [6, 6.07) is 12.6. The van der Waals surface area contributed by atoms with Gasteiger partial charge >= 0.3 is 0 Å². The van der Waals surface area contributed by atoms with Crippen molar-refractivity contribution in [2.75, 3.05) is 12.1 Å². The minimum absolute atomic E-state index is 0.203. The molecule has 2 aromatic carbocycles. The van der Waals surface area contributed by atoms with Crippen molar-refractivity contribution in [3.8, 4) is 17.2 Å². The van der Waals surface area contributed by atoms with Crippen molar-refractivity contribution >= 4 is 27.5 Å². The first-order valence-corrected chi connectivity index (χ1v) is 7.54. The molecule has 2 aromatic rings. The highest BCUT2D eigenvalue weighted by Gasteiger charge is 2.18. The number of benzene rings is 2. The average Bonchev–Trinajstić information content (AvgIpc) is 2.97. The van der Waals surface area contributed by atoms with Crippen molar-refractivity contribution in [3.05, 3.63) is 46.9 Å². The fraction of sp³-hybridized carbons (Fsp3) is 0.188. The maximum absolute atomic E-state index is 12.2. The smallest absolute Gasteiger partial charge is 0.265 e. The second-order valence-corrected chi connectivity index (χ2v) is 5.60. The van der Waals surface area contributed by atoms with Crippen molar-refractivity contribution in [3.63, 3.8) is 0 Å². The Morgan fingerprint density at radius 3 is 2.82 bits per heavy atom. The van der Waals surface area contributed by atoms with E-state index >= 15 is 0 Å². The fourth-order valence-corrected chi connectivity index (χ4v) is 2.38. The number of amides is 1. The van der Waals surface area contributed by atoms with Crippen molar-refractivity contribution < 1.29 is 19.0 Å². The third kappa shape index (κ3) is 3.17. The van der Waals surface area contributed by atoms with E-state index in [0.29, 0.717) is 22.9 Å². The number of anilines is 1. The van der Waals surface area contributed by atoms with Gasteiger partial charge < -0.3 is 19.5 Å². The van der Waals surface area contributed by atoms with Gasteiger partial charge in [0.05, 0.1) is 4.47 Å². The number of para-hydroxylation sites is 1. The topological polar surface area (TPSA) is 56.8 Å².